The summed E-state index contributed by atoms with van der Waals surface area (Å²) in [5, 5.41) is 1.70. The molecular weight excluding hydrogens is 142 g/mol. The van der Waals surface area contributed by atoms with Crippen molar-refractivity contribution < 1.29 is 4.21 Å². The molecule has 0 saturated heterocycles. The molecule has 0 aliphatic carbocycles. The summed E-state index contributed by atoms with van der Waals surface area (Å²) in [5.74, 6) is 0.654. The molecule has 0 bridgehead atoms. The zero-order valence-corrected chi connectivity index (χ0v) is 6.17. The highest BCUT2D eigenvalue weighted by Crippen LogP contribution is 2.12. The monoisotopic (exact) mass is 149 g/mol. The maximum Gasteiger partial charge on any atom is 0.108 e. The van der Waals surface area contributed by atoms with Crippen LogP contribution >= 0.6 is 11.9 Å². The van der Waals surface area contributed by atoms with Crippen LogP contribution in [0.3, 0.4) is 0 Å². The lowest BCUT2D eigenvalue weighted by Crippen LogP contribution is -2.04. The van der Waals surface area contributed by atoms with E-state index in [4.69, 9.17) is 0 Å². The zero-order chi connectivity index (χ0) is 5.98. The van der Waals surface area contributed by atoms with Gasteiger partial charge in [-0.3, -0.25) is 4.21 Å². The van der Waals surface area contributed by atoms with E-state index >= 15 is 0 Å². The highest BCUT2D eigenvalue weighted by molar-refractivity contribution is 7.97. The number of hydrogen-bond acceptors (Lipinski definition) is 3. The molecule has 1 unspecified atom stereocenters. The highest BCUT2D eigenvalue weighted by Gasteiger charge is 2.07. The molecule has 1 heterocycles. The molecule has 8 heavy (non-hydrogen) atoms. The van der Waals surface area contributed by atoms with Crippen molar-refractivity contribution in [1.82, 2.24) is 4.31 Å². The van der Waals surface area contributed by atoms with Gasteiger partial charge in [0.15, 0.2) is 0 Å². The molecule has 1 rings (SSSR count). The summed E-state index contributed by atoms with van der Waals surface area (Å²) >= 11 is 1.59. The maximum atomic E-state index is 10.6. The van der Waals surface area contributed by atoms with E-state index < -0.39 is 10.8 Å². The number of rotatable bonds is 1. The van der Waals surface area contributed by atoms with Crippen molar-refractivity contribution in [1.29, 1.82) is 0 Å². The first-order valence-corrected chi connectivity index (χ1v) is 4.75. The van der Waals surface area contributed by atoms with Crippen molar-refractivity contribution in [3.8, 4) is 0 Å². The lowest BCUT2D eigenvalue weighted by molar-refractivity contribution is 0.675. The van der Waals surface area contributed by atoms with E-state index in [9.17, 15) is 4.21 Å². The summed E-state index contributed by atoms with van der Waals surface area (Å²) < 4.78 is 12.5. The van der Waals surface area contributed by atoms with Crippen LogP contribution in [0.5, 0.6) is 0 Å². The highest BCUT2D eigenvalue weighted by atomic mass is 32.2. The maximum absolute atomic E-state index is 10.6. The molecule has 0 aromatic carbocycles. The van der Waals surface area contributed by atoms with Crippen LogP contribution in [-0.2, 0) is 10.8 Å². The van der Waals surface area contributed by atoms with Gasteiger partial charge in [0.2, 0.25) is 0 Å². The second kappa shape index (κ2) is 2.55. The Kier molecular flexibility index (Phi) is 1.96. The average Bonchev–Trinajstić information content (AvgIpc) is 2.14. The predicted octanol–water partition coefficient (Wildman–Crippen LogP) is 0.757. The molecule has 0 spiro atoms. The summed E-state index contributed by atoms with van der Waals surface area (Å²) in [6, 6.07) is 0. The molecule has 46 valence electrons. The van der Waals surface area contributed by atoms with Gasteiger partial charge in [-0.05, 0) is 0 Å². The minimum atomic E-state index is -0.728. The molecule has 4 heteroatoms. The fraction of sp³-hybridized carbons (Fsp3) is 0.500. The van der Waals surface area contributed by atoms with Crippen LogP contribution in [0.25, 0.3) is 0 Å². The molecule has 0 aromatic rings. The van der Waals surface area contributed by atoms with Crippen LogP contribution in [0.4, 0.5) is 0 Å². The first-order valence-electron chi connectivity index (χ1n) is 2.19. The Hall–Kier alpha value is 0.0400. The van der Waals surface area contributed by atoms with Crippen LogP contribution < -0.4 is 0 Å². The second-order valence-electron chi connectivity index (χ2n) is 1.39. The summed E-state index contributed by atoms with van der Waals surface area (Å²) in [6.07, 6.45) is 3.81. The van der Waals surface area contributed by atoms with Gasteiger partial charge >= 0.3 is 0 Å². The largest absolute Gasteiger partial charge is 0.310 e. The Balaban J connectivity index is 2.46. The summed E-state index contributed by atoms with van der Waals surface area (Å²) in [5.41, 5.74) is 0. The molecule has 1 aliphatic heterocycles. The third-order valence-electron chi connectivity index (χ3n) is 0.868. The quantitative estimate of drug-likeness (QED) is 0.513. The summed E-state index contributed by atoms with van der Waals surface area (Å²) in [6.45, 7) is 0. The average molecular weight is 149 g/mol. The van der Waals surface area contributed by atoms with Gasteiger partial charge in [0.05, 0.1) is 10.8 Å². The van der Waals surface area contributed by atoms with Gasteiger partial charge in [-0.15, -0.1) is 0 Å². The molecule has 0 radical (unpaired) electrons. The van der Waals surface area contributed by atoms with Gasteiger partial charge in [0, 0.05) is 17.9 Å². The van der Waals surface area contributed by atoms with E-state index in [1.807, 2.05) is 16.8 Å². The van der Waals surface area contributed by atoms with Crippen LogP contribution in [0.2, 0.25) is 0 Å². The van der Waals surface area contributed by atoms with Gasteiger partial charge in [-0.1, -0.05) is 11.9 Å². The Morgan fingerprint density at radius 2 is 2.62 bits per heavy atom. The van der Waals surface area contributed by atoms with Gasteiger partial charge in [-0.2, -0.15) is 0 Å². The van der Waals surface area contributed by atoms with E-state index in [-0.39, 0.29) is 0 Å². The van der Waals surface area contributed by atoms with Gasteiger partial charge < -0.3 is 4.31 Å². The van der Waals surface area contributed by atoms with Crippen LogP contribution in [0.1, 0.15) is 0 Å². The standard InChI is InChI=1S/C4H7NOS2/c1-7-5-2-3-8(6)4-5/h2-3H,4H2,1H3. The molecule has 0 amide bonds. The van der Waals surface area contributed by atoms with E-state index in [0.29, 0.717) is 5.88 Å². The third-order valence-corrected chi connectivity index (χ3v) is 2.71. The number of nitrogens with zero attached hydrogens (tertiary/aromatic N) is 1. The Morgan fingerprint density at radius 3 is 2.88 bits per heavy atom. The van der Waals surface area contributed by atoms with Crippen LogP contribution in [0.15, 0.2) is 11.6 Å². The Labute approximate surface area is 55.5 Å². The van der Waals surface area contributed by atoms with Crippen molar-refractivity contribution >= 4 is 22.7 Å². The lowest BCUT2D eigenvalue weighted by Gasteiger charge is -2.06. The predicted molar refractivity (Wildman–Crippen MR) is 37.5 cm³/mol. The van der Waals surface area contributed by atoms with Crippen LogP contribution in [0, 0.1) is 0 Å². The topological polar surface area (TPSA) is 20.3 Å². The van der Waals surface area contributed by atoms with Gasteiger partial charge in [0.25, 0.3) is 0 Å². The smallest absolute Gasteiger partial charge is 0.108 e. The molecule has 0 saturated carbocycles. The first kappa shape index (κ1) is 6.16. The first-order chi connectivity index (χ1) is 3.83. The van der Waals surface area contributed by atoms with E-state index in [2.05, 4.69) is 0 Å². The molecule has 0 N–H and O–H groups in total. The molecule has 0 aromatic heterocycles. The number of hydrogen-bond donors (Lipinski definition) is 0. The fourth-order valence-electron chi connectivity index (χ4n) is 0.461. The minimum Gasteiger partial charge on any atom is -0.310 e. The van der Waals surface area contributed by atoms with Crippen molar-refractivity contribution in [2.24, 2.45) is 0 Å². The Morgan fingerprint density at radius 1 is 1.88 bits per heavy atom. The van der Waals surface area contributed by atoms with Gasteiger partial charge in [0.1, 0.15) is 5.88 Å². The van der Waals surface area contributed by atoms with Crippen molar-refractivity contribution in [3.63, 3.8) is 0 Å². The van der Waals surface area contributed by atoms with Crippen molar-refractivity contribution in [2.75, 3.05) is 12.1 Å². The SMILES string of the molecule is CSN1C=CS(=O)C1. The van der Waals surface area contributed by atoms with E-state index in [0.717, 1.165) is 0 Å². The summed E-state index contributed by atoms with van der Waals surface area (Å²) in [4.78, 5) is 0. The molecule has 1 aliphatic rings. The van der Waals surface area contributed by atoms with Crippen LogP contribution in [-0.4, -0.2) is 20.6 Å². The normalized spacial score (nSPS) is 27.1. The molecule has 0 fully saturated rings. The summed E-state index contributed by atoms with van der Waals surface area (Å²) in [7, 11) is -0.728. The minimum absolute atomic E-state index is 0.654. The zero-order valence-electron chi connectivity index (χ0n) is 4.53. The molecule has 1 atom stereocenters. The third kappa shape index (κ3) is 1.26. The van der Waals surface area contributed by atoms with E-state index in [1.54, 1.807) is 17.4 Å². The van der Waals surface area contributed by atoms with Crippen molar-refractivity contribution in [3.05, 3.63) is 11.6 Å². The fourth-order valence-corrected chi connectivity index (χ4v) is 2.16. The molecule has 2 nitrogen and oxygen atoms in total. The second-order valence-corrected chi connectivity index (χ2v) is 3.52. The van der Waals surface area contributed by atoms with Crippen molar-refractivity contribution in [2.45, 2.75) is 0 Å². The Bertz CT molecular complexity index is 134. The van der Waals surface area contributed by atoms with E-state index in [1.165, 1.54) is 0 Å². The molecular formula is C4H7NOS2. The van der Waals surface area contributed by atoms with Gasteiger partial charge in [-0.25, -0.2) is 0 Å². The lowest BCUT2D eigenvalue weighted by atomic mass is 11.0.